The highest BCUT2D eigenvalue weighted by Crippen LogP contribution is 2.02. The van der Waals surface area contributed by atoms with Crippen molar-refractivity contribution in [1.82, 2.24) is 10.6 Å². The summed E-state index contributed by atoms with van der Waals surface area (Å²) in [6.07, 6.45) is 1.91. The summed E-state index contributed by atoms with van der Waals surface area (Å²) >= 11 is 1.59. The number of aliphatic hydroxyl groups is 1. The Kier molecular flexibility index (Phi) is 6.89. The topological polar surface area (TPSA) is 98.7 Å². The molecule has 7 heteroatoms. The summed E-state index contributed by atoms with van der Waals surface area (Å²) in [5.74, 6) is -1.26. The molecule has 0 aliphatic rings. The van der Waals surface area contributed by atoms with Crippen LogP contribution in [0.15, 0.2) is 0 Å². The number of aliphatic hydroxyl groups excluding tert-OH is 1. The fourth-order valence-electron chi connectivity index (χ4n) is 0.715. The van der Waals surface area contributed by atoms with Crippen LogP contribution in [0.1, 0.15) is 6.92 Å². The van der Waals surface area contributed by atoms with Gasteiger partial charge in [-0.15, -0.1) is 0 Å². The van der Waals surface area contributed by atoms with Crippen LogP contribution in [-0.2, 0) is 4.79 Å². The Labute approximate surface area is 92.4 Å². The van der Waals surface area contributed by atoms with Crippen LogP contribution in [0.3, 0.4) is 0 Å². The van der Waals surface area contributed by atoms with E-state index in [1.54, 1.807) is 11.8 Å². The van der Waals surface area contributed by atoms with Gasteiger partial charge in [0.1, 0.15) is 0 Å². The molecule has 0 fully saturated rings. The molecule has 0 aromatic heterocycles. The fraction of sp³-hybridized carbons (Fsp3) is 0.750. The Morgan fingerprint density at radius 3 is 2.47 bits per heavy atom. The van der Waals surface area contributed by atoms with Crippen LogP contribution in [0.25, 0.3) is 0 Å². The number of carboxylic acid groups (broad SMARTS) is 1. The van der Waals surface area contributed by atoms with Gasteiger partial charge in [0.15, 0.2) is 6.04 Å². The SMILES string of the molecule is CSC(C)CNC(=O)N[C@H](CO)C(=O)O. The molecule has 2 atom stereocenters. The quantitative estimate of drug-likeness (QED) is 0.497. The second kappa shape index (κ2) is 7.36. The molecule has 0 bridgehead atoms. The lowest BCUT2D eigenvalue weighted by atomic mass is 10.3. The zero-order chi connectivity index (χ0) is 11.8. The number of aliphatic carboxylic acids is 1. The molecular formula is C8H16N2O4S. The van der Waals surface area contributed by atoms with Crippen LogP contribution < -0.4 is 10.6 Å². The van der Waals surface area contributed by atoms with Gasteiger partial charge in [-0.25, -0.2) is 9.59 Å². The third-order valence-corrected chi connectivity index (χ3v) is 2.71. The lowest BCUT2D eigenvalue weighted by molar-refractivity contribution is -0.140. The minimum absolute atomic E-state index is 0.258. The minimum atomic E-state index is -1.26. The number of carbonyl (C=O) groups excluding carboxylic acids is 1. The maximum absolute atomic E-state index is 11.1. The van der Waals surface area contributed by atoms with Gasteiger partial charge in [0, 0.05) is 11.8 Å². The predicted molar refractivity (Wildman–Crippen MR) is 58.0 cm³/mol. The molecule has 15 heavy (non-hydrogen) atoms. The maximum Gasteiger partial charge on any atom is 0.328 e. The summed E-state index contributed by atoms with van der Waals surface area (Å²) in [6, 6.07) is -1.84. The Balaban J connectivity index is 3.86. The molecule has 0 saturated heterocycles. The van der Waals surface area contributed by atoms with Crippen molar-refractivity contribution in [3.63, 3.8) is 0 Å². The van der Waals surface area contributed by atoms with Crippen LogP contribution >= 0.6 is 11.8 Å². The van der Waals surface area contributed by atoms with Gasteiger partial charge in [-0.1, -0.05) is 6.92 Å². The maximum atomic E-state index is 11.1. The molecule has 0 aromatic rings. The number of carbonyl (C=O) groups is 2. The van der Waals surface area contributed by atoms with Crippen molar-refractivity contribution in [3.8, 4) is 0 Å². The molecule has 0 aromatic carbocycles. The number of amides is 2. The molecule has 0 radical (unpaired) electrons. The van der Waals surface area contributed by atoms with Gasteiger partial charge in [-0.05, 0) is 6.26 Å². The van der Waals surface area contributed by atoms with E-state index in [1.165, 1.54) is 0 Å². The Morgan fingerprint density at radius 2 is 2.07 bits per heavy atom. The van der Waals surface area contributed by atoms with Crippen LogP contribution in [0.4, 0.5) is 4.79 Å². The second-order valence-electron chi connectivity index (χ2n) is 2.97. The summed E-state index contributed by atoms with van der Waals surface area (Å²) < 4.78 is 0. The Hall–Kier alpha value is -0.950. The van der Waals surface area contributed by atoms with Crippen LogP contribution in [0.5, 0.6) is 0 Å². The number of rotatable bonds is 6. The number of urea groups is 1. The van der Waals surface area contributed by atoms with Crippen molar-refractivity contribution in [2.45, 2.75) is 18.2 Å². The number of hydrogen-bond acceptors (Lipinski definition) is 4. The van der Waals surface area contributed by atoms with Crippen molar-refractivity contribution in [2.24, 2.45) is 0 Å². The molecule has 2 amide bonds. The van der Waals surface area contributed by atoms with Crippen molar-refractivity contribution in [3.05, 3.63) is 0 Å². The van der Waals surface area contributed by atoms with Crippen LogP contribution in [0, 0.1) is 0 Å². The molecule has 0 saturated carbocycles. The molecule has 4 N–H and O–H groups in total. The molecular weight excluding hydrogens is 220 g/mol. The van der Waals surface area contributed by atoms with E-state index in [9.17, 15) is 9.59 Å². The van der Waals surface area contributed by atoms with Crippen molar-refractivity contribution >= 4 is 23.8 Å². The number of carboxylic acids is 1. The van der Waals surface area contributed by atoms with Gasteiger partial charge in [-0.2, -0.15) is 11.8 Å². The summed E-state index contributed by atoms with van der Waals surface area (Å²) in [5, 5.41) is 22.1. The molecule has 0 aliphatic carbocycles. The lowest BCUT2D eigenvalue weighted by Gasteiger charge is -2.14. The average molecular weight is 236 g/mol. The molecule has 0 rings (SSSR count). The van der Waals surface area contributed by atoms with E-state index in [2.05, 4.69) is 10.6 Å². The van der Waals surface area contributed by atoms with Crippen molar-refractivity contribution < 1.29 is 19.8 Å². The van der Waals surface area contributed by atoms with Crippen LogP contribution in [0.2, 0.25) is 0 Å². The van der Waals surface area contributed by atoms with Crippen molar-refractivity contribution in [1.29, 1.82) is 0 Å². The number of hydrogen-bond donors (Lipinski definition) is 4. The molecule has 6 nitrogen and oxygen atoms in total. The lowest BCUT2D eigenvalue weighted by Crippen LogP contribution is -2.48. The van der Waals surface area contributed by atoms with E-state index in [0.29, 0.717) is 6.54 Å². The summed E-state index contributed by atoms with van der Waals surface area (Å²) in [6.45, 7) is 1.76. The van der Waals surface area contributed by atoms with E-state index in [0.717, 1.165) is 0 Å². The minimum Gasteiger partial charge on any atom is -0.480 e. The number of nitrogens with one attached hydrogen (secondary N) is 2. The molecule has 0 heterocycles. The molecule has 1 unspecified atom stereocenters. The fourth-order valence-corrected chi connectivity index (χ4v) is 0.965. The summed E-state index contributed by atoms with van der Waals surface area (Å²) in [4.78, 5) is 21.6. The highest BCUT2D eigenvalue weighted by molar-refractivity contribution is 7.99. The van der Waals surface area contributed by atoms with E-state index in [1.807, 2.05) is 13.2 Å². The van der Waals surface area contributed by atoms with Gasteiger partial charge in [0.05, 0.1) is 6.61 Å². The molecule has 0 aliphatic heterocycles. The second-order valence-corrected chi connectivity index (χ2v) is 4.25. The van der Waals surface area contributed by atoms with Gasteiger partial charge >= 0.3 is 12.0 Å². The smallest absolute Gasteiger partial charge is 0.328 e. The Morgan fingerprint density at radius 1 is 1.47 bits per heavy atom. The Bertz CT molecular complexity index is 225. The van der Waals surface area contributed by atoms with Gasteiger partial charge in [-0.3, -0.25) is 0 Å². The zero-order valence-corrected chi connectivity index (χ0v) is 9.50. The summed E-state index contributed by atoms with van der Waals surface area (Å²) in [5.41, 5.74) is 0. The first-order valence-electron chi connectivity index (χ1n) is 4.42. The first-order valence-corrected chi connectivity index (χ1v) is 5.70. The highest BCUT2D eigenvalue weighted by Gasteiger charge is 2.18. The first kappa shape index (κ1) is 14.1. The molecule has 0 spiro atoms. The first-order chi connectivity index (χ1) is 7.01. The van der Waals surface area contributed by atoms with Crippen molar-refractivity contribution in [2.75, 3.05) is 19.4 Å². The van der Waals surface area contributed by atoms with Gasteiger partial charge < -0.3 is 20.8 Å². The van der Waals surface area contributed by atoms with E-state index in [4.69, 9.17) is 10.2 Å². The highest BCUT2D eigenvalue weighted by atomic mass is 32.2. The average Bonchev–Trinajstić information content (AvgIpc) is 2.21. The predicted octanol–water partition coefficient (Wildman–Crippen LogP) is -0.517. The third-order valence-electron chi connectivity index (χ3n) is 1.74. The largest absolute Gasteiger partial charge is 0.480 e. The zero-order valence-electron chi connectivity index (χ0n) is 8.69. The van der Waals surface area contributed by atoms with E-state index < -0.39 is 24.6 Å². The van der Waals surface area contributed by atoms with E-state index >= 15 is 0 Å². The normalized spacial score (nSPS) is 14.1. The van der Waals surface area contributed by atoms with Gasteiger partial charge in [0.2, 0.25) is 0 Å². The third kappa shape index (κ3) is 6.19. The standard InChI is InChI=1S/C8H16N2O4S/c1-5(15-2)3-9-8(14)10-6(4-11)7(12)13/h5-6,11H,3-4H2,1-2H3,(H,12,13)(H2,9,10,14)/t5?,6-/m1/s1. The number of thioether (sulfide) groups is 1. The molecule has 88 valence electrons. The summed E-state index contributed by atoms with van der Waals surface area (Å²) in [7, 11) is 0. The van der Waals surface area contributed by atoms with Gasteiger partial charge in [0.25, 0.3) is 0 Å². The monoisotopic (exact) mass is 236 g/mol. The van der Waals surface area contributed by atoms with Crippen LogP contribution in [-0.4, -0.2) is 52.9 Å². The van der Waals surface area contributed by atoms with E-state index in [-0.39, 0.29) is 5.25 Å².